The summed E-state index contributed by atoms with van der Waals surface area (Å²) in [4.78, 5) is 81.5. The SMILES string of the molecule is CCCC=Cc1ccccc1C=CC(=O)NC(CO)C(=O)N(C)C(=Cc1ccc(O)cc1)C(=O)NC(CC(C)C)C(=O)NC(Cc1ccccc1)C(=O)NC(C(=O)O)C(C)O. The van der Waals surface area contributed by atoms with Gasteiger partial charge < -0.3 is 46.6 Å². The van der Waals surface area contributed by atoms with Crippen molar-refractivity contribution in [1.82, 2.24) is 26.2 Å². The van der Waals surface area contributed by atoms with Crippen LogP contribution in [0.25, 0.3) is 18.2 Å². The number of hydrogen-bond acceptors (Lipinski definition) is 9. The summed E-state index contributed by atoms with van der Waals surface area (Å²) in [5.41, 5.74) is 2.33. The van der Waals surface area contributed by atoms with Crippen LogP contribution in [-0.2, 0) is 35.2 Å². The number of allylic oxidation sites excluding steroid dienone is 1. The average molecular weight is 840 g/mol. The number of nitrogens with one attached hydrogen (secondary N) is 4. The number of aliphatic hydroxyl groups excluding tert-OH is 2. The number of hydrogen-bond donors (Lipinski definition) is 8. The van der Waals surface area contributed by atoms with Crippen molar-refractivity contribution in [1.29, 1.82) is 0 Å². The van der Waals surface area contributed by atoms with Crippen molar-refractivity contribution in [3.63, 3.8) is 0 Å². The van der Waals surface area contributed by atoms with Crippen molar-refractivity contribution in [3.8, 4) is 5.75 Å². The molecule has 61 heavy (non-hydrogen) atoms. The first kappa shape index (κ1) is 48.8. The lowest BCUT2D eigenvalue weighted by atomic mass is 10.0. The lowest BCUT2D eigenvalue weighted by Crippen LogP contribution is -2.58. The molecule has 326 valence electrons. The second-order valence-corrected chi connectivity index (χ2v) is 14.9. The zero-order valence-electron chi connectivity index (χ0n) is 35.1. The number of carboxylic acids is 1. The van der Waals surface area contributed by atoms with Crippen LogP contribution in [-0.4, -0.2) is 105 Å². The molecule has 3 aromatic rings. The fourth-order valence-corrected chi connectivity index (χ4v) is 6.07. The standard InChI is InChI=1S/C46H57N5O10/c1-6-7-9-16-33-17-12-13-18-34(33)21-24-40(55)47-38(28-52)45(59)51(5)39(27-32-19-22-35(54)23-20-32)44(58)49-36(25-29(2)3)42(56)48-37(26-31-14-10-8-11-15-31)43(57)50-41(30(4)53)46(60)61/h8-24,27,29-30,36-38,41,52-54H,6-7,25-26,28H2,1-5H3,(H,47,55)(H,48,56)(H,49,58)(H,50,57)(H,60,61). The van der Waals surface area contributed by atoms with Crippen molar-refractivity contribution >= 4 is 53.7 Å². The van der Waals surface area contributed by atoms with Gasteiger partial charge in [-0.05, 0) is 72.2 Å². The number of rotatable bonds is 22. The number of likely N-dealkylation sites (N-methyl/N-ethyl adjacent to an activating group) is 1. The van der Waals surface area contributed by atoms with Crippen LogP contribution in [0.4, 0.5) is 0 Å². The lowest BCUT2D eigenvalue weighted by molar-refractivity contribution is -0.145. The fourth-order valence-electron chi connectivity index (χ4n) is 6.07. The second kappa shape index (κ2) is 24.5. The molecule has 0 aliphatic rings. The molecule has 3 aromatic carbocycles. The van der Waals surface area contributed by atoms with E-state index in [0.29, 0.717) is 11.1 Å². The van der Waals surface area contributed by atoms with Gasteiger partial charge in [0.2, 0.25) is 17.7 Å². The number of carbonyl (C=O) groups is 6. The predicted octanol–water partition coefficient (Wildman–Crippen LogP) is 3.40. The Morgan fingerprint density at radius 3 is 1.93 bits per heavy atom. The number of aromatic hydroxyl groups is 1. The van der Waals surface area contributed by atoms with Crippen LogP contribution < -0.4 is 21.3 Å². The van der Waals surface area contributed by atoms with Crippen molar-refractivity contribution in [2.75, 3.05) is 13.7 Å². The summed E-state index contributed by atoms with van der Waals surface area (Å²) < 4.78 is 0. The van der Waals surface area contributed by atoms with Crippen molar-refractivity contribution in [3.05, 3.63) is 119 Å². The summed E-state index contributed by atoms with van der Waals surface area (Å²) in [5, 5.41) is 49.8. The summed E-state index contributed by atoms with van der Waals surface area (Å²) >= 11 is 0. The monoisotopic (exact) mass is 839 g/mol. The van der Waals surface area contributed by atoms with E-state index in [0.717, 1.165) is 28.9 Å². The minimum Gasteiger partial charge on any atom is -0.508 e. The molecule has 8 N–H and O–H groups in total. The van der Waals surface area contributed by atoms with E-state index in [1.807, 2.05) is 36.4 Å². The first-order valence-corrected chi connectivity index (χ1v) is 20.0. The molecular formula is C46H57N5O10. The Hall–Kier alpha value is -6.58. The molecule has 15 heteroatoms. The summed E-state index contributed by atoms with van der Waals surface area (Å²) in [5.74, 6) is -5.89. The molecule has 0 aliphatic carbocycles. The molecule has 5 atom stereocenters. The Bertz CT molecular complexity index is 2050. The summed E-state index contributed by atoms with van der Waals surface area (Å²) in [6.07, 6.45) is 8.51. The average Bonchev–Trinajstić information content (AvgIpc) is 3.23. The third-order valence-electron chi connectivity index (χ3n) is 9.37. The maximum atomic E-state index is 14.2. The number of nitrogens with zero attached hydrogens (tertiary/aromatic N) is 1. The van der Waals surface area contributed by atoms with Gasteiger partial charge >= 0.3 is 5.97 Å². The van der Waals surface area contributed by atoms with Gasteiger partial charge in [0.05, 0.1) is 12.7 Å². The zero-order chi connectivity index (χ0) is 45.1. The van der Waals surface area contributed by atoms with Crippen LogP contribution in [0.1, 0.15) is 69.2 Å². The Kier molecular flexibility index (Phi) is 19.6. The number of unbranched alkanes of at least 4 members (excludes halogenated alkanes) is 1. The van der Waals surface area contributed by atoms with E-state index in [4.69, 9.17) is 0 Å². The quantitative estimate of drug-likeness (QED) is 0.0687. The highest BCUT2D eigenvalue weighted by atomic mass is 16.4. The van der Waals surface area contributed by atoms with Gasteiger partial charge in [-0.2, -0.15) is 0 Å². The summed E-state index contributed by atoms with van der Waals surface area (Å²) in [6.45, 7) is 6.04. The van der Waals surface area contributed by atoms with E-state index in [2.05, 4.69) is 28.2 Å². The van der Waals surface area contributed by atoms with Crippen LogP contribution in [0, 0.1) is 5.92 Å². The largest absolute Gasteiger partial charge is 0.508 e. The Balaban J connectivity index is 1.92. The molecule has 0 heterocycles. The molecule has 0 fully saturated rings. The van der Waals surface area contributed by atoms with E-state index >= 15 is 0 Å². The maximum Gasteiger partial charge on any atom is 0.328 e. The van der Waals surface area contributed by atoms with Gasteiger partial charge in [0.15, 0.2) is 6.04 Å². The van der Waals surface area contributed by atoms with Crippen LogP contribution in [0.15, 0.2) is 96.7 Å². The zero-order valence-corrected chi connectivity index (χ0v) is 35.1. The normalized spacial score (nSPS) is 14.1. The van der Waals surface area contributed by atoms with E-state index in [9.17, 15) is 49.2 Å². The molecule has 5 amide bonds. The number of aliphatic carboxylic acids is 1. The summed E-state index contributed by atoms with van der Waals surface area (Å²) in [6, 6.07) is 15.9. The van der Waals surface area contributed by atoms with Gasteiger partial charge in [-0.1, -0.05) is 106 Å². The topological polar surface area (TPSA) is 235 Å². The maximum absolute atomic E-state index is 14.2. The van der Waals surface area contributed by atoms with Gasteiger partial charge in [0.1, 0.15) is 29.6 Å². The molecular weight excluding hydrogens is 783 g/mol. The number of carboxylic acid groups (broad SMARTS) is 1. The molecule has 0 saturated heterocycles. The lowest BCUT2D eigenvalue weighted by Gasteiger charge is -2.28. The third kappa shape index (κ3) is 15.8. The minimum atomic E-state index is -1.67. The first-order chi connectivity index (χ1) is 29.0. The van der Waals surface area contributed by atoms with Crippen LogP contribution in [0.5, 0.6) is 5.75 Å². The Labute approximate surface area is 356 Å². The van der Waals surface area contributed by atoms with Crippen molar-refractivity contribution in [2.24, 2.45) is 5.92 Å². The molecule has 0 spiro atoms. The number of phenolic OH excluding ortho intramolecular Hbond substituents is 1. The molecule has 15 nitrogen and oxygen atoms in total. The van der Waals surface area contributed by atoms with Gasteiger partial charge in [0.25, 0.3) is 11.8 Å². The van der Waals surface area contributed by atoms with Gasteiger partial charge in [0, 0.05) is 19.5 Å². The smallest absolute Gasteiger partial charge is 0.328 e. The number of phenols is 1. The molecule has 0 saturated carbocycles. The Morgan fingerprint density at radius 1 is 0.754 bits per heavy atom. The highest BCUT2D eigenvalue weighted by Gasteiger charge is 2.34. The fraction of sp³-hybridized carbons (Fsp3) is 0.348. The van der Waals surface area contributed by atoms with E-state index in [-0.39, 0.29) is 30.2 Å². The number of aliphatic hydroxyl groups is 2. The highest BCUT2D eigenvalue weighted by molar-refractivity contribution is 6.05. The highest BCUT2D eigenvalue weighted by Crippen LogP contribution is 2.18. The number of benzene rings is 3. The van der Waals surface area contributed by atoms with Crippen LogP contribution >= 0.6 is 0 Å². The summed E-state index contributed by atoms with van der Waals surface area (Å²) in [7, 11) is 1.26. The van der Waals surface area contributed by atoms with E-state index in [1.165, 1.54) is 50.4 Å². The molecule has 0 aromatic heterocycles. The molecule has 5 unspecified atom stereocenters. The predicted molar refractivity (Wildman–Crippen MR) is 232 cm³/mol. The molecule has 3 rings (SSSR count). The van der Waals surface area contributed by atoms with Crippen molar-refractivity contribution < 1.29 is 49.2 Å². The van der Waals surface area contributed by atoms with Crippen LogP contribution in [0.2, 0.25) is 0 Å². The van der Waals surface area contributed by atoms with Crippen LogP contribution in [0.3, 0.4) is 0 Å². The van der Waals surface area contributed by atoms with Crippen molar-refractivity contribution in [2.45, 2.75) is 83.6 Å². The molecule has 0 radical (unpaired) electrons. The van der Waals surface area contributed by atoms with Gasteiger partial charge in [-0.3, -0.25) is 24.0 Å². The van der Waals surface area contributed by atoms with E-state index < -0.39 is 72.4 Å². The Morgan fingerprint density at radius 2 is 1.36 bits per heavy atom. The molecule has 0 bridgehead atoms. The first-order valence-electron chi connectivity index (χ1n) is 20.0. The van der Waals surface area contributed by atoms with Gasteiger partial charge in [-0.25, -0.2) is 4.79 Å². The molecule has 0 aliphatic heterocycles. The number of amides is 5. The second-order valence-electron chi connectivity index (χ2n) is 14.9. The van der Waals surface area contributed by atoms with Gasteiger partial charge in [-0.15, -0.1) is 0 Å². The third-order valence-corrected chi connectivity index (χ3v) is 9.37. The number of carbonyl (C=O) groups excluding carboxylic acids is 5. The van der Waals surface area contributed by atoms with E-state index in [1.54, 1.807) is 50.3 Å². The minimum absolute atomic E-state index is 0.0609.